The van der Waals surface area contributed by atoms with Crippen LogP contribution in [-0.4, -0.2) is 46.9 Å². The fourth-order valence-corrected chi connectivity index (χ4v) is 5.17. The van der Waals surface area contributed by atoms with Crippen LogP contribution in [0.2, 0.25) is 0 Å². The highest BCUT2D eigenvalue weighted by molar-refractivity contribution is 5.82. The molecule has 3 aliphatic rings. The largest absolute Gasteiger partial charge is 0.480 e. The first-order chi connectivity index (χ1) is 14.3. The number of carbonyl (C=O) groups excluding carboxylic acids is 1. The first-order valence-corrected chi connectivity index (χ1v) is 9.72. The van der Waals surface area contributed by atoms with Crippen LogP contribution in [0.4, 0.5) is 18.0 Å². The maximum absolute atomic E-state index is 13.2. The summed E-state index contributed by atoms with van der Waals surface area (Å²) in [6, 6.07) is 13.0. The molecule has 0 aromatic heterocycles. The van der Waals surface area contributed by atoms with Gasteiger partial charge in [0.2, 0.25) is 0 Å². The zero-order valence-corrected chi connectivity index (χ0v) is 15.7. The Bertz CT molecular complexity index is 992. The standard InChI is InChI=1S/C22H18F3NO4/c23-22(24,25)18-15-9-17(20(27)28)26(19(15)18)21(29)30-10-16-13-7-3-1-5-11(13)12-6-2-4-8-14(12)16/h1-8,15-19H,9-10H2,(H,27,28). The van der Waals surface area contributed by atoms with E-state index in [-0.39, 0.29) is 18.9 Å². The number of ether oxygens (including phenoxy) is 1. The van der Waals surface area contributed by atoms with Gasteiger partial charge in [-0.05, 0) is 34.6 Å². The van der Waals surface area contributed by atoms with Crippen molar-refractivity contribution in [3.05, 3.63) is 59.7 Å². The van der Waals surface area contributed by atoms with Crippen LogP contribution in [0.1, 0.15) is 23.5 Å². The summed E-state index contributed by atoms with van der Waals surface area (Å²) in [6.07, 6.45) is -5.65. The second-order valence-corrected chi connectivity index (χ2v) is 8.02. The number of carboxylic acids is 1. The minimum Gasteiger partial charge on any atom is -0.480 e. The van der Waals surface area contributed by atoms with Gasteiger partial charge in [-0.3, -0.25) is 4.90 Å². The molecule has 1 N–H and O–H groups in total. The van der Waals surface area contributed by atoms with E-state index in [9.17, 15) is 27.9 Å². The zero-order chi connectivity index (χ0) is 21.2. The predicted octanol–water partition coefficient (Wildman–Crippen LogP) is 4.27. The van der Waals surface area contributed by atoms with Crippen molar-refractivity contribution in [3.63, 3.8) is 0 Å². The molecule has 1 amide bonds. The summed E-state index contributed by atoms with van der Waals surface area (Å²) in [5.41, 5.74) is 4.00. The first-order valence-electron chi connectivity index (χ1n) is 9.72. The summed E-state index contributed by atoms with van der Waals surface area (Å²) in [6.45, 7) is -0.0657. The van der Waals surface area contributed by atoms with E-state index in [0.717, 1.165) is 27.2 Å². The van der Waals surface area contributed by atoms with Crippen molar-refractivity contribution in [3.8, 4) is 11.1 Å². The quantitative estimate of drug-likeness (QED) is 0.810. The van der Waals surface area contributed by atoms with Gasteiger partial charge in [0.15, 0.2) is 0 Å². The zero-order valence-electron chi connectivity index (χ0n) is 15.7. The third-order valence-corrected chi connectivity index (χ3v) is 6.49. The lowest BCUT2D eigenvalue weighted by Gasteiger charge is -2.27. The van der Waals surface area contributed by atoms with E-state index in [2.05, 4.69) is 0 Å². The SMILES string of the molecule is O=C(O)C1CC2C(C2C(F)(F)F)N1C(=O)OCC1c2ccccc2-c2ccccc21. The van der Waals surface area contributed by atoms with Crippen molar-refractivity contribution >= 4 is 12.1 Å². The molecule has 5 nitrogen and oxygen atoms in total. The van der Waals surface area contributed by atoms with Crippen LogP contribution in [0.5, 0.6) is 0 Å². The van der Waals surface area contributed by atoms with Gasteiger partial charge in [0.25, 0.3) is 0 Å². The van der Waals surface area contributed by atoms with Gasteiger partial charge in [-0.25, -0.2) is 9.59 Å². The second-order valence-electron chi connectivity index (χ2n) is 8.02. The number of hydrogen-bond acceptors (Lipinski definition) is 3. The van der Waals surface area contributed by atoms with Crippen molar-refractivity contribution in [1.82, 2.24) is 4.90 Å². The Labute approximate surface area is 170 Å². The van der Waals surface area contributed by atoms with Crippen molar-refractivity contribution < 1.29 is 32.6 Å². The van der Waals surface area contributed by atoms with Crippen molar-refractivity contribution in [2.24, 2.45) is 11.8 Å². The third-order valence-electron chi connectivity index (χ3n) is 6.49. The minimum absolute atomic E-state index is 0.0657. The number of hydrogen-bond donors (Lipinski definition) is 1. The molecule has 5 rings (SSSR count). The number of fused-ring (bicyclic) bond motifs is 4. The average molecular weight is 417 g/mol. The minimum atomic E-state index is -4.46. The maximum Gasteiger partial charge on any atom is 0.410 e. The second kappa shape index (κ2) is 6.48. The predicted molar refractivity (Wildman–Crippen MR) is 99.8 cm³/mol. The topological polar surface area (TPSA) is 66.8 Å². The van der Waals surface area contributed by atoms with E-state index in [0.29, 0.717) is 0 Å². The van der Waals surface area contributed by atoms with E-state index < -0.39 is 42.2 Å². The molecule has 8 heteroatoms. The number of alkyl halides is 3. The molecular weight excluding hydrogens is 399 g/mol. The number of halogens is 3. The Morgan fingerprint density at radius 1 is 1.03 bits per heavy atom. The van der Waals surface area contributed by atoms with Gasteiger partial charge < -0.3 is 9.84 Å². The summed E-state index contributed by atoms with van der Waals surface area (Å²) in [5, 5.41) is 9.37. The molecule has 0 spiro atoms. The molecular formula is C22H18F3NO4. The van der Waals surface area contributed by atoms with Crippen molar-refractivity contribution in [2.75, 3.05) is 6.61 Å². The molecule has 1 saturated heterocycles. The summed E-state index contributed by atoms with van der Waals surface area (Å²) >= 11 is 0. The van der Waals surface area contributed by atoms with Crippen LogP contribution in [0.15, 0.2) is 48.5 Å². The number of aliphatic carboxylic acids is 1. The molecule has 4 unspecified atom stereocenters. The fourth-order valence-electron chi connectivity index (χ4n) is 5.17. The average Bonchev–Trinajstić information content (AvgIpc) is 3.16. The van der Waals surface area contributed by atoms with Crippen molar-refractivity contribution in [1.29, 1.82) is 0 Å². The van der Waals surface area contributed by atoms with Crippen LogP contribution in [-0.2, 0) is 9.53 Å². The van der Waals surface area contributed by atoms with Gasteiger partial charge in [-0.1, -0.05) is 48.5 Å². The Morgan fingerprint density at radius 3 is 2.13 bits per heavy atom. The third kappa shape index (κ3) is 2.77. The number of likely N-dealkylation sites (tertiary alicyclic amines) is 1. The smallest absolute Gasteiger partial charge is 0.410 e. The Hall–Kier alpha value is -3.03. The molecule has 0 bridgehead atoms. The molecule has 1 heterocycles. The first kappa shape index (κ1) is 19.0. The van der Waals surface area contributed by atoms with Crippen molar-refractivity contribution in [2.45, 2.75) is 30.6 Å². The summed E-state index contributed by atoms with van der Waals surface area (Å²) in [4.78, 5) is 25.0. The van der Waals surface area contributed by atoms with E-state index >= 15 is 0 Å². The van der Waals surface area contributed by atoms with E-state index in [4.69, 9.17) is 4.74 Å². The van der Waals surface area contributed by atoms with Crippen LogP contribution in [0.25, 0.3) is 11.1 Å². The number of carboxylic acid groups (broad SMARTS) is 1. The number of rotatable bonds is 3. The van der Waals surface area contributed by atoms with E-state index in [1.165, 1.54) is 0 Å². The summed E-state index contributed by atoms with van der Waals surface area (Å²) < 4.78 is 44.9. The molecule has 4 atom stereocenters. The van der Waals surface area contributed by atoms with Crippen LogP contribution in [0.3, 0.4) is 0 Å². The molecule has 156 valence electrons. The Kier molecular flexibility index (Phi) is 4.10. The van der Waals surface area contributed by atoms with Crippen LogP contribution in [0, 0.1) is 11.8 Å². The highest BCUT2D eigenvalue weighted by atomic mass is 19.4. The molecule has 1 aliphatic heterocycles. The molecule has 2 fully saturated rings. The van der Waals surface area contributed by atoms with Crippen LogP contribution < -0.4 is 0 Å². The molecule has 1 saturated carbocycles. The fraction of sp³-hybridized carbons (Fsp3) is 0.364. The van der Waals surface area contributed by atoms with Gasteiger partial charge in [-0.2, -0.15) is 13.2 Å². The van der Waals surface area contributed by atoms with Gasteiger partial charge in [-0.15, -0.1) is 0 Å². The van der Waals surface area contributed by atoms with Crippen LogP contribution >= 0.6 is 0 Å². The summed E-state index contributed by atoms with van der Waals surface area (Å²) in [7, 11) is 0. The maximum atomic E-state index is 13.2. The van der Waals surface area contributed by atoms with Gasteiger partial charge >= 0.3 is 18.2 Å². The highest BCUT2D eigenvalue weighted by Crippen LogP contribution is 2.60. The molecule has 2 aromatic rings. The lowest BCUT2D eigenvalue weighted by Crippen LogP contribution is -2.46. The van der Waals surface area contributed by atoms with Gasteiger partial charge in [0.1, 0.15) is 12.6 Å². The normalized spacial score (nSPS) is 26.7. The Balaban J connectivity index is 1.36. The lowest BCUT2D eigenvalue weighted by molar-refractivity contribution is -0.162. The van der Waals surface area contributed by atoms with Gasteiger partial charge in [0.05, 0.1) is 12.0 Å². The number of carbonyl (C=O) groups is 2. The molecule has 30 heavy (non-hydrogen) atoms. The van der Waals surface area contributed by atoms with Gasteiger partial charge in [0, 0.05) is 5.92 Å². The monoisotopic (exact) mass is 417 g/mol. The molecule has 0 radical (unpaired) electrons. The highest BCUT2D eigenvalue weighted by Gasteiger charge is 2.73. The number of benzene rings is 2. The number of amides is 1. The number of nitrogens with zero attached hydrogens (tertiary/aromatic N) is 1. The summed E-state index contributed by atoms with van der Waals surface area (Å²) in [5.74, 6) is -4.10. The molecule has 2 aliphatic carbocycles. The van der Waals surface area contributed by atoms with E-state index in [1.807, 2.05) is 48.5 Å². The Morgan fingerprint density at radius 2 is 1.60 bits per heavy atom. The molecule has 2 aromatic carbocycles. The van der Waals surface area contributed by atoms with E-state index in [1.54, 1.807) is 0 Å². The lowest BCUT2D eigenvalue weighted by atomic mass is 9.98. The number of piperidine rings is 1.